The van der Waals surface area contributed by atoms with Gasteiger partial charge in [0.2, 0.25) is 0 Å². The van der Waals surface area contributed by atoms with Crippen LogP contribution in [0.1, 0.15) is 37.8 Å². The fourth-order valence-electron chi connectivity index (χ4n) is 2.74. The highest BCUT2D eigenvalue weighted by Crippen LogP contribution is 2.65. The molecule has 0 aliphatic heterocycles. The first-order valence-corrected chi connectivity index (χ1v) is 6.87. The molecule has 2 atom stereocenters. The maximum absolute atomic E-state index is 12.3. The number of hydrogen-bond donors (Lipinski definition) is 0. The average Bonchev–Trinajstić information content (AvgIpc) is 3.07. The van der Waals surface area contributed by atoms with Gasteiger partial charge in [-0.25, -0.2) is 0 Å². The van der Waals surface area contributed by atoms with Crippen LogP contribution in [0.15, 0.2) is 24.3 Å². The van der Waals surface area contributed by atoms with E-state index in [0.717, 1.165) is 11.1 Å². The highest BCUT2D eigenvalue weighted by Gasteiger charge is 2.72. The van der Waals surface area contributed by atoms with Gasteiger partial charge in [-0.2, -0.15) is 10.5 Å². The van der Waals surface area contributed by atoms with Gasteiger partial charge in [0, 0.05) is 5.92 Å². The zero-order valence-electron chi connectivity index (χ0n) is 12.7. The van der Waals surface area contributed by atoms with E-state index in [1.54, 1.807) is 20.8 Å². The van der Waals surface area contributed by atoms with E-state index in [4.69, 9.17) is 4.74 Å². The molecule has 0 unspecified atom stereocenters. The third-order valence-corrected chi connectivity index (χ3v) is 3.76. The fourth-order valence-corrected chi connectivity index (χ4v) is 2.74. The zero-order chi connectivity index (χ0) is 15.8. The number of hydrogen-bond acceptors (Lipinski definition) is 4. The number of nitriles is 2. The highest BCUT2D eigenvalue weighted by atomic mass is 16.6. The molecule has 2 rings (SSSR count). The summed E-state index contributed by atoms with van der Waals surface area (Å²) in [5, 5.41) is 18.8. The molecule has 0 aromatic heterocycles. The predicted molar refractivity (Wildman–Crippen MR) is 76.9 cm³/mol. The van der Waals surface area contributed by atoms with Gasteiger partial charge in [-0.05, 0) is 38.8 Å². The molecule has 1 aromatic rings. The summed E-state index contributed by atoms with van der Waals surface area (Å²) in [5.74, 6) is -1.60. The van der Waals surface area contributed by atoms with Crippen LogP contribution < -0.4 is 0 Å². The summed E-state index contributed by atoms with van der Waals surface area (Å²) in [7, 11) is 0. The molecule has 0 radical (unpaired) electrons. The van der Waals surface area contributed by atoms with E-state index in [9.17, 15) is 15.3 Å². The van der Waals surface area contributed by atoms with Crippen LogP contribution in [0, 0.1) is 40.9 Å². The van der Waals surface area contributed by atoms with Crippen LogP contribution in [0.4, 0.5) is 0 Å². The molecule has 0 amide bonds. The van der Waals surface area contributed by atoms with Crippen molar-refractivity contribution in [1.82, 2.24) is 0 Å². The van der Waals surface area contributed by atoms with Gasteiger partial charge in [-0.3, -0.25) is 4.79 Å². The number of esters is 1. The third kappa shape index (κ3) is 2.50. The molecule has 1 fully saturated rings. The number of carbonyl (C=O) groups is 1. The summed E-state index contributed by atoms with van der Waals surface area (Å²) < 4.78 is 5.37. The second kappa shape index (κ2) is 4.90. The molecule has 21 heavy (non-hydrogen) atoms. The molecule has 0 heterocycles. The van der Waals surface area contributed by atoms with E-state index >= 15 is 0 Å². The Morgan fingerprint density at radius 3 is 2.29 bits per heavy atom. The Balaban J connectivity index is 2.38. The maximum Gasteiger partial charge on any atom is 0.312 e. The van der Waals surface area contributed by atoms with Crippen molar-refractivity contribution in [2.45, 2.75) is 39.2 Å². The van der Waals surface area contributed by atoms with Crippen LogP contribution in [-0.2, 0) is 9.53 Å². The van der Waals surface area contributed by atoms with Crippen molar-refractivity contribution in [3.63, 3.8) is 0 Å². The van der Waals surface area contributed by atoms with Crippen LogP contribution in [0.5, 0.6) is 0 Å². The van der Waals surface area contributed by atoms with Crippen LogP contribution in [-0.4, -0.2) is 11.6 Å². The minimum atomic E-state index is -1.31. The quantitative estimate of drug-likeness (QED) is 0.781. The summed E-state index contributed by atoms with van der Waals surface area (Å²) in [6.07, 6.45) is 0. The Bertz CT molecular complexity index is 645. The minimum absolute atomic E-state index is 0.413. The first kappa shape index (κ1) is 15.1. The third-order valence-electron chi connectivity index (χ3n) is 3.76. The molecule has 4 heteroatoms. The van der Waals surface area contributed by atoms with Crippen LogP contribution >= 0.6 is 0 Å². The number of benzene rings is 1. The van der Waals surface area contributed by atoms with Crippen molar-refractivity contribution in [1.29, 1.82) is 10.5 Å². The van der Waals surface area contributed by atoms with E-state index in [-0.39, 0.29) is 0 Å². The zero-order valence-corrected chi connectivity index (χ0v) is 12.7. The topological polar surface area (TPSA) is 73.9 Å². The summed E-state index contributed by atoms with van der Waals surface area (Å²) >= 11 is 0. The van der Waals surface area contributed by atoms with Gasteiger partial charge in [0.15, 0.2) is 5.41 Å². The maximum atomic E-state index is 12.3. The average molecular weight is 282 g/mol. The molecule has 108 valence electrons. The van der Waals surface area contributed by atoms with Crippen molar-refractivity contribution in [3.05, 3.63) is 35.4 Å². The van der Waals surface area contributed by atoms with Gasteiger partial charge in [-0.15, -0.1) is 0 Å². The number of rotatable bonds is 2. The van der Waals surface area contributed by atoms with E-state index in [0.29, 0.717) is 0 Å². The Morgan fingerprint density at radius 1 is 1.24 bits per heavy atom. The first-order valence-electron chi connectivity index (χ1n) is 6.87. The van der Waals surface area contributed by atoms with Crippen LogP contribution in [0.2, 0.25) is 0 Å². The lowest BCUT2D eigenvalue weighted by Crippen LogP contribution is -2.26. The lowest BCUT2D eigenvalue weighted by molar-refractivity contribution is -0.157. The molecule has 1 aliphatic rings. The smallest absolute Gasteiger partial charge is 0.312 e. The fraction of sp³-hybridized carbons (Fsp3) is 0.471. The number of carbonyl (C=O) groups excluding carboxylic acids is 1. The molecule has 1 aliphatic carbocycles. The highest BCUT2D eigenvalue weighted by molar-refractivity contribution is 5.83. The van der Waals surface area contributed by atoms with Crippen molar-refractivity contribution in [2.24, 2.45) is 11.3 Å². The van der Waals surface area contributed by atoms with Gasteiger partial charge in [0.05, 0.1) is 18.1 Å². The Kier molecular flexibility index (Phi) is 3.51. The van der Waals surface area contributed by atoms with Gasteiger partial charge in [0.1, 0.15) is 5.60 Å². The molecule has 0 N–H and O–H groups in total. The Hall–Kier alpha value is -2.33. The molecule has 1 aromatic carbocycles. The van der Waals surface area contributed by atoms with Crippen LogP contribution in [0.3, 0.4) is 0 Å². The molecular weight excluding hydrogens is 264 g/mol. The number of aryl methyl sites for hydroxylation is 1. The van der Waals surface area contributed by atoms with E-state index < -0.39 is 28.8 Å². The molecular formula is C17H18N2O2. The lowest BCUT2D eigenvalue weighted by Gasteiger charge is -2.19. The largest absolute Gasteiger partial charge is 0.460 e. The molecule has 4 nitrogen and oxygen atoms in total. The van der Waals surface area contributed by atoms with Gasteiger partial charge in [-0.1, -0.05) is 24.3 Å². The molecule has 0 saturated heterocycles. The van der Waals surface area contributed by atoms with Crippen molar-refractivity contribution in [2.75, 3.05) is 0 Å². The van der Waals surface area contributed by atoms with E-state index in [1.807, 2.05) is 43.3 Å². The Morgan fingerprint density at radius 2 is 1.81 bits per heavy atom. The normalized spacial score (nSPS) is 22.8. The predicted octanol–water partition coefficient (Wildman–Crippen LogP) is 3.08. The monoisotopic (exact) mass is 282 g/mol. The van der Waals surface area contributed by atoms with Crippen LogP contribution in [0.25, 0.3) is 0 Å². The Labute approximate surface area is 125 Å². The standard InChI is InChI=1S/C17H18N2O2/c1-11-7-5-6-8-12(11)13-14(17(13,9-18)10-19)15(20)21-16(2,3)4/h5-8,13-14H,1-4H3/t13-,14+/m1/s1. The second-order valence-corrected chi connectivity index (χ2v) is 6.44. The summed E-state index contributed by atoms with van der Waals surface area (Å²) in [6.45, 7) is 7.24. The van der Waals surface area contributed by atoms with Gasteiger partial charge >= 0.3 is 5.97 Å². The molecule has 1 saturated carbocycles. The summed E-state index contributed by atoms with van der Waals surface area (Å²) in [4.78, 5) is 12.3. The number of nitrogens with zero attached hydrogens (tertiary/aromatic N) is 2. The summed E-state index contributed by atoms with van der Waals surface area (Å²) in [6, 6.07) is 11.6. The lowest BCUT2D eigenvalue weighted by atomic mass is 9.98. The van der Waals surface area contributed by atoms with Crippen molar-refractivity contribution in [3.8, 4) is 12.1 Å². The van der Waals surface area contributed by atoms with Gasteiger partial charge in [0.25, 0.3) is 0 Å². The minimum Gasteiger partial charge on any atom is -0.460 e. The second-order valence-electron chi connectivity index (χ2n) is 6.44. The summed E-state index contributed by atoms with van der Waals surface area (Å²) in [5.41, 5.74) is -0.0963. The molecule has 0 spiro atoms. The van der Waals surface area contributed by atoms with Crippen molar-refractivity contribution < 1.29 is 9.53 Å². The van der Waals surface area contributed by atoms with E-state index in [2.05, 4.69) is 0 Å². The van der Waals surface area contributed by atoms with Crippen molar-refractivity contribution >= 4 is 5.97 Å². The molecule has 0 bridgehead atoms. The SMILES string of the molecule is Cc1ccccc1[C@@H]1[C@@H](C(=O)OC(C)(C)C)C1(C#N)C#N. The van der Waals surface area contributed by atoms with Gasteiger partial charge < -0.3 is 4.74 Å². The first-order chi connectivity index (χ1) is 9.77. The van der Waals surface area contributed by atoms with E-state index in [1.165, 1.54) is 0 Å². The number of ether oxygens (including phenoxy) is 1.